The van der Waals surface area contributed by atoms with E-state index >= 15 is 0 Å². The summed E-state index contributed by atoms with van der Waals surface area (Å²) in [6.07, 6.45) is 3.82. The molecule has 2 N–H and O–H groups in total. The fourth-order valence-electron chi connectivity index (χ4n) is 2.05. The molecule has 0 radical (unpaired) electrons. The van der Waals surface area contributed by atoms with Crippen molar-refractivity contribution in [2.45, 2.75) is 31.9 Å². The molecule has 3 nitrogen and oxygen atoms in total. The Morgan fingerprint density at radius 2 is 2.29 bits per heavy atom. The normalized spacial score (nSPS) is 20.4. The van der Waals surface area contributed by atoms with Crippen LogP contribution < -0.4 is 5.32 Å². The zero-order chi connectivity index (χ0) is 12.1. The van der Waals surface area contributed by atoms with Crippen LogP contribution in [0, 0.1) is 0 Å². The highest BCUT2D eigenvalue weighted by molar-refractivity contribution is 6.31. The number of ether oxygens (including phenoxy) is 1. The van der Waals surface area contributed by atoms with Crippen LogP contribution in [-0.4, -0.2) is 24.4 Å². The largest absolute Gasteiger partial charge is 0.508 e. The van der Waals surface area contributed by atoms with Gasteiger partial charge in [-0.25, -0.2) is 0 Å². The molecule has 0 aromatic heterocycles. The summed E-state index contributed by atoms with van der Waals surface area (Å²) in [5.41, 5.74) is 0.755. The highest BCUT2D eigenvalue weighted by Gasteiger charge is 2.13. The van der Waals surface area contributed by atoms with Crippen molar-refractivity contribution in [2.75, 3.05) is 13.2 Å². The first kappa shape index (κ1) is 12.7. The standard InChI is InChI=1S/C13H18ClNO2/c14-12-5-3-6-13(16)11(12)9-15-8-10-4-1-2-7-17-10/h3,5-6,10,15-16H,1-2,4,7-9H2. The van der Waals surface area contributed by atoms with Gasteiger partial charge in [-0.2, -0.15) is 0 Å². The van der Waals surface area contributed by atoms with Gasteiger partial charge in [0.15, 0.2) is 0 Å². The van der Waals surface area contributed by atoms with E-state index in [1.54, 1.807) is 18.2 Å². The summed E-state index contributed by atoms with van der Waals surface area (Å²) in [5, 5.41) is 13.6. The van der Waals surface area contributed by atoms with Gasteiger partial charge >= 0.3 is 0 Å². The smallest absolute Gasteiger partial charge is 0.121 e. The van der Waals surface area contributed by atoms with Gasteiger partial charge in [-0.3, -0.25) is 0 Å². The molecule has 1 saturated heterocycles. The molecule has 1 aliphatic heterocycles. The van der Waals surface area contributed by atoms with Gasteiger partial charge in [0.1, 0.15) is 5.75 Å². The maximum Gasteiger partial charge on any atom is 0.121 e. The van der Waals surface area contributed by atoms with E-state index in [1.165, 1.54) is 12.8 Å². The van der Waals surface area contributed by atoms with E-state index in [4.69, 9.17) is 16.3 Å². The second kappa shape index (κ2) is 6.24. The van der Waals surface area contributed by atoms with Crippen molar-refractivity contribution in [1.82, 2.24) is 5.32 Å². The molecule has 1 aromatic rings. The predicted octanol–water partition coefficient (Wildman–Crippen LogP) is 2.70. The van der Waals surface area contributed by atoms with Gasteiger partial charge in [0.25, 0.3) is 0 Å². The molecule has 94 valence electrons. The lowest BCUT2D eigenvalue weighted by Gasteiger charge is -2.23. The van der Waals surface area contributed by atoms with E-state index in [0.29, 0.717) is 17.7 Å². The van der Waals surface area contributed by atoms with E-state index in [2.05, 4.69) is 5.32 Å². The minimum atomic E-state index is 0.245. The number of nitrogens with one attached hydrogen (secondary N) is 1. The Hall–Kier alpha value is -0.770. The Balaban J connectivity index is 1.81. The molecule has 0 saturated carbocycles. The lowest BCUT2D eigenvalue weighted by molar-refractivity contribution is 0.0167. The van der Waals surface area contributed by atoms with Crippen molar-refractivity contribution < 1.29 is 9.84 Å². The van der Waals surface area contributed by atoms with Crippen LogP contribution in [0.5, 0.6) is 5.75 Å². The lowest BCUT2D eigenvalue weighted by Crippen LogP contribution is -2.31. The predicted molar refractivity (Wildman–Crippen MR) is 68.4 cm³/mol. The number of phenolic OH excluding ortho intramolecular Hbond substituents is 1. The molecule has 4 heteroatoms. The average Bonchev–Trinajstić information content (AvgIpc) is 2.34. The van der Waals surface area contributed by atoms with Crippen molar-refractivity contribution in [3.8, 4) is 5.75 Å². The number of aromatic hydroxyl groups is 1. The Morgan fingerprint density at radius 1 is 1.41 bits per heavy atom. The molecule has 1 aliphatic rings. The van der Waals surface area contributed by atoms with Crippen LogP contribution >= 0.6 is 11.6 Å². The molecular formula is C13H18ClNO2. The Kier molecular flexibility index (Phi) is 4.66. The first-order chi connectivity index (χ1) is 8.27. The van der Waals surface area contributed by atoms with Gasteiger partial charge in [-0.1, -0.05) is 17.7 Å². The van der Waals surface area contributed by atoms with Crippen molar-refractivity contribution in [3.05, 3.63) is 28.8 Å². The van der Waals surface area contributed by atoms with E-state index in [9.17, 15) is 5.11 Å². The van der Waals surface area contributed by atoms with Gasteiger partial charge in [0, 0.05) is 30.3 Å². The van der Waals surface area contributed by atoms with Crippen molar-refractivity contribution in [1.29, 1.82) is 0 Å². The minimum Gasteiger partial charge on any atom is -0.508 e. The number of rotatable bonds is 4. The molecule has 2 rings (SSSR count). The zero-order valence-electron chi connectivity index (χ0n) is 9.79. The Morgan fingerprint density at radius 3 is 3.00 bits per heavy atom. The topological polar surface area (TPSA) is 41.5 Å². The number of phenols is 1. The quantitative estimate of drug-likeness (QED) is 0.869. The zero-order valence-corrected chi connectivity index (χ0v) is 10.5. The molecule has 0 aliphatic carbocycles. The van der Waals surface area contributed by atoms with Gasteiger partial charge in [0.05, 0.1) is 6.10 Å². The maximum atomic E-state index is 9.67. The number of halogens is 1. The van der Waals surface area contributed by atoms with Crippen LogP contribution in [0.2, 0.25) is 5.02 Å². The SMILES string of the molecule is Oc1cccc(Cl)c1CNCC1CCCCO1. The molecule has 1 heterocycles. The lowest BCUT2D eigenvalue weighted by atomic mass is 10.1. The fraction of sp³-hybridized carbons (Fsp3) is 0.538. The summed E-state index contributed by atoms with van der Waals surface area (Å²) in [4.78, 5) is 0. The molecule has 1 fully saturated rings. The highest BCUT2D eigenvalue weighted by Crippen LogP contribution is 2.24. The van der Waals surface area contributed by atoms with Crippen molar-refractivity contribution in [3.63, 3.8) is 0 Å². The monoisotopic (exact) mass is 255 g/mol. The molecule has 0 spiro atoms. The minimum absolute atomic E-state index is 0.245. The summed E-state index contributed by atoms with van der Waals surface area (Å²) in [7, 11) is 0. The van der Waals surface area contributed by atoms with Gasteiger partial charge < -0.3 is 15.2 Å². The first-order valence-corrected chi connectivity index (χ1v) is 6.44. The second-order valence-electron chi connectivity index (χ2n) is 4.36. The highest BCUT2D eigenvalue weighted by atomic mass is 35.5. The van der Waals surface area contributed by atoms with Crippen LogP contribution in [0.25, 0.3) is 0 Å². The summed E-state index contributed by atoms with van der Waals surface area (Å²) in [6.45, 7) is 2.25. The molecular weight excluding hydrogens is 238 g/mol. The van der Waals surface area contributed by atoms with Gasteiger partial charge in [0.2, 0.25) is 0 Å². The maximum absolute atomic E-state index is 9.67. The average molecular weight is 256 g/mol. The van der Waals surface area contributed by atoms with Crippen LogP contribution in [0.15, 0.2) is 18.2 Å². The molecule has 1 atom stereocenters. The van der Waals surface area contributed by atoms with Crippen molar-refractivity contribution >= 4 is 11.6 Å². The van der Waals surface area contributed by atoms with Crippen LogP contribution in [0.1, 0.15) is 24.8 Å². The number of hydrogen-bond donors (Lipinski definition) is 2. The van der Waals surface area contributed by atoms with E-state index in [0.717, 1.165) is 25.1 Å². The Labute approximate surface area is 107 Å². The Bertz CT molecular complexity index is 344. The summed E-state index contributed by atoms with van der Waals surface area (Å²) >= 11 is 6.02. The van der Waals surface area contributed by atoms with E-state index in [1.807, 2.05) is 0 Å². The van der Waals surface area contributed by atoms with E-state index < -0.39 is 0 Å². The van der Waals surface area contributed by atoms with Crippen LogP contribution in [0.3, 0.4) is 0 Å². The molecule has 1 aromatic carbocycles. The summed E-state index contributed by atoms with van der Waals surface area (Å²) in [6, 6.07) is 5.18. The van der Waals surface area contributed by atoms with Crippen LogP contribution in [0.4, 0.5) is 0 Å². The first-order valence-electron chi connectivity index (χ1n) is 6.06. The van der Waals surface area contributed by atoms with Gasteiger partial charge in [-0.05, 0) is 31.4 Å². The molecule has 0 amide bonds. The van der Waals surface area contributed by atoms with Crippen molar-refractivity contribution in [2.24, 2.45) is 0 Å². The molecule has 0 bridgehead atoms. The van der Waals surface area contributed by atoms with Gasteiger partial charge in [-0.15, -0.1) is 0 Å². The second-order valence-corrected chi connectivity index (χ2v) is 4.76. The molecule has 1 unspecified atom stereocenters. The summed E-state index contributed by atoms with van der Waals surface area (Å²) < 4.78 is 5.62. The number of hydrogen-bond acceptors (Lipinski definition) is 3. The number of benzene rings is 1. The third-order valence-electron chi connectivity index (χ3n) is 3.04. The third kappa shape index (κ3) is 3.60. The van der Waals surface area contributed by atoms with Crippen LogP contribution in [-0.2, 0) is 11.3 Å². The van der Waals surface area contributed by atoms with E-state index in [-0.39, 0.29) is 5.75 Å². The third-order valence-corrected chi connectivity index (χ3v) is 3.40. The molecule has 17 heavy (non-hydrogen) atoms. The fourth-order valence-corrected chi connectivity index (χ4v) is 2.29. The summed E-state index contributed by atoms with van der Waals surface area (Å²) in [5.74, 6) is 0.245.